The van der Waals surface area contributed by atoms with Gasteiger partial charge in [0.25, 0.3) is 0 Å². The fourth-order valence-electron chi connectivity index (χ4n) is 6.09. The maximum Gasteiger partial charge on any atom is 0.189 e. The normalized spacial score (nSPS) is 10.4. The number of fused-ring (bicyclic) bond motifs is 3. The number of benzene rings is 6. The first-order chi connectivity index (χ1) is 23.0. The van der Waals surface area contributed by atoms with Crippen molar-refractivity contribution in [3.05, 3.63) is 161 Å². The standard InChI is InChI=1S/C41H20N6/c1-45-34-17-27(24-43)15-32(19-34)30-11-13-40-37(21-30)38-22-31(33-16-28(25-44)18-35(20-33)46-2)12-14-41(38)47(40)39-6-4-3-5-36(39)29-9-7-26(23-42)8-10-29/h3-22H. The van der Waals surface area contributed by atoms with E-state index in [1.807, 2.05) is 48.5 Å². The molecule has 7 aromatic rings. The summed E-state index contributed by atoms with van der Waals surface area (Å²) in [6.45, 7) is 15.1. The van der Waals surface area contributed by atoms with Crippen LogP contribution in [0.4, 0.5) is 11.4 Å². The molecule has 6 nitrogen and oxygen atoms in total. The summed E-state index contributed by atoms with van der Waals surface area (Å²) in [7, 11) is 0. The summed E-state index contributed by atoms with van der Waals surface area (Å²) in [5, 5.41) is 30.5. The van der Waals surface area contributed by atoms with Crippen LogP contribution in [0.2, 0.25) is 0 Å². The third-order valence-electron chi connectivity index (χ3n) is 8.25. The van der Waals surface area contributed by atoms with E-state index in [4.69, 9.17) is 13.1 Å². The first-order valence-corrected chi connectivity index (χ1v) is 14.6. The minimum Gasteiger partial charge on any atom is -0.309 e. The van der Waals surface area contributed by atoms with Crippen molar-refractivity contribution in [1.82, 2.24) is 4.57 Å². The number of hydrogen-bond donors (Lipinski definition) is 0. The summed E-state index contributed by atoms with van der Waals surface area (Å²) in [6.07, 6.45) is 0. The van der Waals surface area contributed by atoms with Crippen molar-refractivity contribution in [1.29, 1.82) is 15.8 Å². The van der Waals surface area contributed by atoms with Gasteiger partial charge in [-0.2, -0.15) is 15.8 Å². The Hall–Kier alpha value is -7.43. The Kier molecular flexibility index (Phi) is 6.98. The van der Waals surface area contributed by atoms with Crippen LogP contribution < -0.4 is 0 Å². The van der Waals surface area contributed by atoms with Gasteiger partial charge < -0.3 is 4.57 Å². The summed E-state index contributed by atoms with van der Waals surface area (Å²) in [4.78, 5) is 7.15. The second-order valence-corrected chi connectivity index (χ2v) is 11.0. The molecule has 0 saturated carbocycles. The molecule has 0 aliphatic carbocycles. The molecule has 214 valence electrons. The molecule has 0 atom stereocenters. The van der Waals surface area contributed by atoms with E-state index in [0.29, 0.717) is 28.1 Å². The second-order valence-electron chi connectivity index (χ2n) is 11.0. The molecule has 0 aliphatic heterocycles. The quantitative estimate of drug-likeness (QED) is 0.189. The molecule has 0 fully saturated rings. The van der Waals surface area contributed by atoms with Gasteiger partial charge in [-0.05, 0) is 107 Å². The summed E-state index contributed by atoms with van der Waals surface area (Å²) in [5.74, 6) is 0. The molecule has 0 aliphatic rings. The predicted octanol–water partition coefficient (Wildman–Crippen LogP) is 10.5. The molecule has 1 aromatic heterocycles. The molecule has 6 aromatic carbocycles. The SMILES string of the molecule is [C-]#[N+]c1cc(C#N)cc(-c2ccc3c(c2)c2cc(-c4cc(C#N)cc([N+]#[C-])c4)ccc2n3-c2ccccc2-c2ccc(C#N)cc2)c1. The lowest BCUT2D eigenvalue weighted by Crippen LogP contribution is -1.97. The average molecular weight is 597 g/mol. The van der Waals surface area contributed by atoms with E-state index in [-0.39, 0.29) is 0 Å². The molecule has 0 unspecified atom stereocenters. The van der Waals surface area contributed by atoms with Crippen molar-refractivity contribution >= 4 is 33.2 Å². The number of hydrogen-bond acceptors (Lipinski definition) is 3. The Labute approximate surface area is 271 Å². The van der Waals surface area contributed by atoms with Crippen LogP contribution in [0.1, 0.15) is 16.7 Å². The summed E-state index contributed by atoms with van der Waals surface area (Å²) < 4.78 is 2.22. The molecule has 6 heteroatoms. The first kappa shape index (κ1) is 28.3. The van der Waals surface area contributed by atoms with E-state index in [9.17, 15) is 15.8 Å². The molecule has 47 heavy (non-hydrogen) atoms. The highest BCUT2D eigenvalue weighted by Crippen LogP contribution is 2.40. The highest BCUT2D eigenvalue weighted by Gasteiger charge is 2.18. The Morgan fingerprint density at radius 2 is 0.957 bits per heavy atom. The molecule has 0 radical (unpaired) electrons. The minimum atomic E-state index is 0.396. The van der Waals surface area contributed by atoms with Gasteiger partial charge >= 0.3 is 0 Å². The molecular formula is C41H20N6. The average Bonchev–Trinajstić information content (AvgIpc) is 3.47. The summed E-state index contributed by atoms with van der Waals surface area (Å²) >= 11 is 0. The van der Waals surface area contributed by atoms with Gasteiger partial charge in [0.15, 0.2) is 11.4 Å². The third-order valence-corrected chi connectivity index (χ3v) is 8.25. The Bertz CT molecular complexity index is 2430. The van der Waals surface area contributed by atoms with Crippen LogP contribution in [0.15, 0.2) is 121 Å². The van der Waals surface area contributed by atoms with Gasteiger partial charge in [-0.3, -0.25) is 0 Å². The Morgan fingerprint density at radius 3 is 1.45 bits per heavy atom. The number of nitrogens with zero attached hydrogens (tertiary/aromatic N) is 6. The van der Waals surface area contributed by atoms with Crippen LogP contribution in [0.3, 0.4) is 0 Å². The lowest BCUT2D eigenvalue weighted by atomic mass is 9.98. The van der Waals surface area contributed by atoms with E-state index >= 15 is 0 Å². The van der Waals surface area contributed by atoms with Crippen LogP contribution in [0.25, 0.3) is 70.6 Å². The van der Waals surface area contributed by atoms with Gasteiger partial charge in [0.1, 0.15) is 0 Å². The molecule has 0 bridgehead atoms. The molecule has 1 heterocycles. The van der Waals surface area contributed by atoms with Gasteiger partial charge in [0.05, 0.1) is 53.6 Å². The van der Waals surface area contributed by atoms with Crippen molar-refractivity contribution in [3.8, 4) is 57.3 Å². The lowest BCUT2D eigenvalue weighted by Gasteiger charge is -2.14. The maximum absolute atomic E-state index is 9.62. The van der Waals surface area contributed by atoms with E-state index in [1.54, 1.807) is 36.4 Å². The predicted molar refractivity (Wildman–Crippen MR) is 184 cm³/mol. The topological polar surface area (TPSA) is 85.0 Å². The Morgan fingerprint density at radius 1 is 0.468 bits per heavy atom. The van der Waals surface area contributed by atoms with Crippen LogP contribution in [-0.2, 0) is 0 Å². The molecule has 0 amide bonds. The van der Waals surface area contributed by atoms with Crippen LogP contribution >= 0.6 is 0 Å². The van der Waals surface area contributed by atoms with E-state index in [0.717, 1.165) is 60.9 Å². The highest BCUT2D eigenvalue weighted by atomic mass is 15.0. The van der Waals surface area contributed by atoms with Crippen molar-refractivity contribution in [2.45, 2.75) is 0 Å². The van der Waals surface area contributed by atoms with Gasteiger partial charge in [0, 0.05) is 27.5 Å². The van der Waals surface area contributed by atoms with Crippen LogP contribution in [0.5, 0.6) is 0 Å². The van der Waals surface area contributed by atoms with E-state index < -0.39 is 0 Å². The van der Waals surface area contributed by atoms with Crippen molar-refractivity contribution < 1.29 is 0 Å². The molecule has 0 N–H and O–H groups in total. The zero-order chi connectivity index (χ0) is 32.5. The van der Waals surface area contributed by atoms with Gasteiger partial charge in [-0.25, -0.2) is 9.69 Å². The zero-order valence-corrected chi connectivity index (χ0v) is 24.7. The fraction of sp³-hybridized carbons (Fsp3) is 0. The third kappa shape index (κ3) is 5.00. The zero-order valence-electron chi connectivity index (χ0n) is 24.7. The van der Waals surface area contributed by atoms with Gasteiger partial charge in [-0.15, -0.1) is 0 Å². The molecular weight excluding hydrogens is 576 g/mol. The number of rotatable bonds is 4. The van der Waals surface area contributed by atoms with E-state index in [1.165, 1.54) is 0 Å². The monoisotopic (exact) mass is 596 g/mol. The molecule has 0 spiro atoms. The first-order valence-electron chi connectivity index (χ1n) is 14.6. The smallest absolute Gasteiger partial charge is 0.189 e. The summed E-state index contributed by atoms with van der Waals surface area (Å²) in [6, 6.07) is 44.8. The largest absolute Gasteiger partial charge is 0.309 e. The van der Waals surface area contributed by atoms with E-state index in [2.05, 4.69) is 68.9 Å². The minimum absolute atomic E-state index is 0.396. The van der Waals surface area contributed by atoms with Crippen LogP contribution in [0, 0.1) is 47.1 Å². The molecule has 0 saturated heterocycles. The number of aromatic nitrogens is 1. The fourth-order valence-corrected chi connectivity index (χ4v) is 6.09. The second kappa shape index (κ2) is 11.6. The Balaban J connectivity index is 1.53. The molecule has 7 rings (SSSR count). The summed E-state index contributed by atoms with van der Waals surface area (Å²) in [5.41, 5.74) is 10.3. The van der Waals surface area contributed by atoms with Crippen molar-refractivity contribution in [2.75, 3.05) is 0 Å². The highest BCUT2D eigenvalue weighted by molar-refractivity contribution is 6.12. The number of para-hydroxylation sites is 1. The van der Waals surface area contributed by atoms with Gasteiger partial charge in [0.2, 0.25) is 0 Å². The van der Waals surface area contributed by atoms with Gasteiger partial charge in [-0.1, -0.05) is 42.5 Å². The van der Waals surface area contributed by atoms with Crippen molar-refractivity contribution in [3.63, 3.8) is 0 Å². The van der Waals surface area contributed by atoms with Crippen molar-refractivity contribution in [2.24, 2.45) is 0 Å². The maximum atomic E-state index is 9.62. The lowest BCUT2D eigenvalue weighted by molar-refractivity contribution is 1.18. The van der Waals surface area contributed by atoms with Crippen LogP contribution in [-0.4, -0.2) is 4.57 Å². The number of nitriles is 3.